The van der Waals surface area contributed by atoms with Gasteiger partial charge in [-0.3, -0.25) is 0 Å². The first kappa shape index (κ1) is 11.7. The molecule has 1 aliphatic rings. The van der Waals surface area contributed by atoms with Crippen LogP contribution in [0.3, 0.4) is 0 Å². The van der Waals surface area contributed by atoms with Gasteiger partial charge in [0, 0.05) is 23.8 Å². The second kappa shape index (κ2) is 5.07. The van der Waals surface area contributed by atoms with Crippen LogP contribution in [0, 0.1) is 0 Å². The van der Waals surface area contributed by atoms with E-state index in [1.807, 2.05) is 12.1 Å². The molecule has 0 bridgehead atoms. The van der Waals surface area contributed by atoms with E-state index in [9.17, 15) is 0 Å². The maximum atomic E-state index is 5.90. The van der Waals surface area contributed by atoms with Gasteiger partial charge in [0.1, 0.15) is 0 Å². The van der Waals surface area contributed by atoms with Crippen molar-refractivity contribution in [2.75, 3.05) is 32.1 Å². The molecule has 1 aromatic rings. The Labute approximate surface area is 103 Å². The molecule has 0 saturated carbocycles. The lowest BCUT2D eigenvalue weighted by Crippen LogP contribution is -2.41. The molecule has 0 aromatic heterocycles. The Kier molecular flexibility index (Phi) is 3.72. The summed E-state index contributed by atoms with van der Waals surface area (Å²) < 4.78 is 0. The molecular formula is C13H19ClN2. The van der Waals surface area contributed by atoms with E-state index in [2.05, 4.69) is 36.0 Å². The van der Waals surface area contributed by atoms with Crippen LogP contribution in [0.5, 0.6) is 0 Å². The van der Waals surface area contributed by atoms with Crippen LogP contribution in [0.2, 0.25) is 5.02 Å². The van der Waals surface area contributed by atoms with E-state index < -0.39 is 0 Å². The average Bonchev–Trinajstić information content (AvgIpc) is 2.30. The number of likely N-dealkylation sites (tertiary alicyclic amines) is 1. The van der Waals surface area contributed by atoms with Crippen LogP contribution < -0.4 is 4.90 Å². The Balaban J connectivity index is 2.01. The van der Waals surface area contributed by atoms with Gasteiger partial charge in [-0.2, -0.15) is 0 Å². The molecule has 1 fully saturated rings. The number of rotatable bonds is 2. The highest BCUT2D eigenvalue weighted by Gasteiger charge is 2.20. The van der Waals surface area contributed by atoms with Crippen LogP contribution in [0.4, 0.5) is 5.69 Å². The third kappa shape index (κ3) is 2.69. The SMILES string of the molecule is CN1CCC(N(C)c2ccc(Cl)cc2)CC1. The summed E-state index contributed by atoms with van der Waals surface area (Å²) in [5, 5.41) is 0.806. The predicted octanol–water partition coefficient (Wildman–Crippen LogP) is 2.87. The van der Waals surface area contributed by atoms with E-state index >= 15 is 0 Å². The van der Waals surface area contributed by atoms with Crippen molar-refractivity contribution in [2.45, 2.75) is 18.9 Å². The van der Waals surface area contributed by atoms with Gasteiger partial charge < -0.3 is 9.80 Å². The molecule has 0 radical (unpaired) electrons. The highest BCUT2D eigenvalue weighted by atomic mass is 35.5. The highest BCUT2D eigenvalue weighted by Crippen LogP contribution is 2.23. The van der Waals surface area contributed by atoms with Crippen molar-refractivity contribution < 1.29 is 0 Å². The molecule has 0 unspecified atom stereocenters. The summed E-state index contributed by atoms with van der Waals surface area (Å²) in [6.07, 6.45) is 2.49. The molecule has 88 valence electrons. The van der Waals surface area contributed by atoms with Gasteiger partial charge in [-0.1, -0.05) is 11.6 Å². The van der Waals surface area contributed by atoms with Crippen LogP contribution in [0.15, 0.2) is 24.3 Å². The van der Waals surface area contributed by atoms with Crippen LogP contribution in [-0.4, -0.2) is 38.1 Å². The van der Waals surface area contributed by atoms with Crippen molar-refractivity contribution in [3.63, 3.8) is 0 Å². The molecule has 2 rings (SSSR count). The Bertz CT molecular complexity index is 328. The fourth-order valence-corrected chi connectivity index (χ4v) is 2.40. The quantitative estimate of drug-likeness (QED) is 0.782. The summed E-state index contributed by atoms with van der Waals surface area (Å²) in [6.45, 7) is 2.39. The topological polar surface area (TPSA) is 6.48 Å². The number of benzene rings is 1. The van der Waals surface area contributed by atoms with Crippen LogP contribution in [-0.2, 0) is 0 Å². The molecule has 1 heterocycles. The van der Waals surface area contributed by atoms with Gasteiger partial charge in [-0.25, -0.2) is 0 Å². The number of halogens is 1. The molecule has 1 saturated heterocycles. The highest BCUT2D eigenvalue weighted by molar-refractivity contribution is 6.30. The van der Waals surface area contributed by atoms with E-state index in [1.54, 1.807) is 0 Å². The molecule has 3 heteroatoms. The molecule has 2 nitrogen and oxygen atoms in total. The number of hydrogen-bond donors (Lipinski definition) is 0. The summed E-state index contributed by atoms with van der Waals surface area (Å²) in [5.74, 6) is 0. The zero-order chi connectivity index (χ0) is 11.5. The zero-order valence-corrected chi connectivity index (χ0v) is 10.7. The fourth-order valence-electron chi connectivity index (χ4n) is 2.27. The number of anilines is 1. The predicted molar refractivity (Wildman–Crippen MR) is 70.4 cm³/mol. The van der Waals surface area contributed by atoms with Crippen molar-refractivity contribution in [2.24, 2.45) is 0 Å². The standard InChI is InChI=1S/C13H19ClN2/c1-15-9-7-13(8-10-15)16(2)12-5-3-11(14)4-6-12/h3-6,13H,7-10H2,1-2H3. The van der Waals surface area contributed by atoms with Crippen molar-refractivity contribution in [1.82, 2.24) is 4.90 Å². The third-order valence-electron chi connectivity index (χ3n) is 3.47. The minimum Gasteiger partial charge on any atom is -0.372 e. The first-order valence-electron chi connectivity index (χ1n) is 5.84. The van der Waals surface area contributed by atoms with E-state index in [1.165, 1.54) is 31.6 Å². The van der Waals surface area contributed by atoms with Crippen molar-refractivity contribution in [3.8, 4) is 0 Å². The lowest BCUT2D eigenvalue weighted by molar-refractivity contribution is 0.253. The third-order valence-corrected chi connectivity index (χ3v) is 3.72. The van der Waals surface area contributed by atoms with Crippen molar-refractivity contribution in [1.29, 1.82) is 0 Å². The summed E-state index contributed by atoms with van der Waals surface area (Å²) in [4.78, 5) is 4.77. The minimum absolute atomic E-state index is 0.664. The van der Waals surface area contributed by atoms with Gasteiger partial charge in [-0.15, -0.1) is 0 Å². The Morgan fingerprint density at radius 2 is 1.75 bits per heavy atom. The molecule has 0 spiro atoms. The summed E-state index contributed by atoms with van der Waals surface area (Å²) in [7, 11) is 4.37. The lowest BCUT2D eigenvalue weighted by Gasteiger charge is -2.36. The van der Waals surface area contributed by atoms with Gasteiger partial charge in [0.2, 0.25) is 0 Å². The molecule has 1 aliphatic heterocycles. The van der Waals surface area contributed by atoms with Gasteiger partial charge in [-0.05, 0) is 57.2 Å². The van der Waals surface area contributed by atoms with Gasteiger partial charge in [0.05, 0.1) is 0 Å². The minimum atomic E-state index is 0.664. The monoisotopic (exact) mass is 238 g/mol. The molecule has 0 N–H and O–H groups in total. The van der Waals surface area contributed by atoms with Gasteiger partial charge >= 0.3 is 0 Å². The number of nitrogens with zero attached hydrogens (tertiary/aromatic N) is 2. The smallest absolute Gasteiger partial charge is 0.0407 e. The summed E-state index contributed by atoms with van der Waals surface area (Å²) in [5.41, 5.74) is 1.26. The number of piperidine rings is 1. The molecule has 16 heavy (non-hydrogen) atoms. The van der Waals surface area contributed by atoms with E-state index in [4.69, 9.17) is 11.6 Å². The zero-order valence-electron chi connectivity index (χ0n) is 9.99. The van der Waals surface area contributed by atoms with Crippen LogP contribution in [0.1, 0.15) is 12.8 Å². The summed E-state index contributed by atoms with van der Waals surface area (Å²) in [6, 6.07) is 8.78. The summed E-state index contributed by atoms with van der Waals surface area (Å²) >= 11 is 5.90. The maximum absolute atomic E-state index is 5.90. The van der Waals surface area contributed by atoms with Gasteiger partial charge in [0.25, 0.3) is 0 Å². The van der Waals surface area contributed by atoms with Crippen molar-refractivity contribution in [3.05, 3.63) is 29.3 Å². The lowest BCUT2D eigenvalue weighted by atomic mass is 10.0. The molecular weight excluding hydrogens is 220 g/mol. The normalized spacial score (nSPS) is 18.7. The van der Waals surface area contributed by atoms with Gasteiger partial charge in [0.15, 0.2) is 0 Å². The molecule has 1 aromatic carbocycles. The maximum Gasteiger partial charge on any atom is 0.0407 e. The second-order valence-electron chi connectivity index (χ2n) is 4.62. The molecule has 0 amide bonds. The van der Waals surface area contributed by atoms with E-state index in [0.29, 0.717) is 6.04 Å². The Morgan fingerprint density at radius 1 is 1.19 bits per heavy atom. The fraction of sp³-hybridized carbons (Fsp3) is 0.538. The van der Waals surface area contributed by atoms with E-state index in [0.717, 1.165) is 5.02 Å². The average molecular weight is 239 g/mol. The number of hydrogen-bond acceptors (Lipinski definition) is 2. The van der Waals surface area contributed by atoms with Crippen molar-refractivity contribution >= 4 is 17.3 Å². The molecule has 0 atom stereocenters. The molecule has 0 aliphatic carbocycles. The van der Waals surface area contributed by atoms with E-state index in [-0.39, 0.29) is 0 Å². The second-order valence-corrected chi connectivity index (χ2v) is 5.06. The van der Waals surface area contributed by atoms with Crippen LogP contribution in [0.25, 0.3) is 0 Å². The first-order valence-corrected chi connectivity index (χ1v) is 6.21. The largest absolute Gasteiger partial charge is 0.372 e. The first-order chi connectivity index (χ1) is 7.66. The Hall–Kier alpha value is -0.730. The van der Waals surface area contributed by atoms with Crippen LogP contribution >= 0.6 is 11.6 Å². The Morgan fingerprint density at radius 3 is 2.31 bits per heavy atom.